The maximum absolute atomic E-state index is 12.2. The predicted octanol–water partition coefficient (Wildman–Crippen LogP) is 3.28. The molecule has 0 atom stereocenters. The van der Waals surface area contributed by atoms with Crippen molar-refractivity contribution in [2.24, 2.45) is 0 Å². The molecule has 0 aliphatic rings. The average Bonchev–Trinajstić information content (AvgIpc) is 2.70. The normalized spacial score (nSPS) is 11.0. The number of aromatic nitrogens is 3. The number of pyridine rings is 1. The van der Waals surface area contributed by atoms with Gasteiger partial charge in [0.1, 0.15) is 19.0 Å². The summed E-state index contributed by atoms with van der Waals surface area (Å²) in [7, 11) is 0. The molecule has 2 aromatic heterocycles. The summed E-state index contributed by atoms with van der Waals surface area (Å²) in [5.41, 5.74) is 1.54. The first-order valence-corrected chi connectivity index (χ1v) is 8.88. The zero-order valence-corrected chi connectivity index (χ0v) is 15.4. The summed E-state index contributed by atoms with van der Waals surface area (Å²) in [6.07, 6.45) is 1.64. The number of carbonyl (C=O) groups is 1. The van der Waals surface area contributed by atoms with Gasteiger partial charge < -0.3 is 15.0 Å². The lowest BCUT2D eigenvalue weighted by Gasteiger charge is -2.10. The molecular weight excluding hydrogens is 380 g/mol. The Kier molecular flexibility index (Phi) is 5.01. The van der Waals surface area contributed by atoms with Gasteiger partial charge in [-0.2, -0.15) is 0 Å². The van der Waals surface area contributed by atoms with Crippen LogP contribution in [0.4, 0.5) is 5.69 Å². The minimum absolute atomic E-state index is 0.0103. The molecule has 7 nitrogen and oxygen atoms in total. The van der Waals surface area contributed by atoms with E-state index in [-0.39, 0.29) is 24.7 Å². The Hall–Kier alpha value is -3.29. The standard InChI is InChI=1S/C20H15ClN4O3/c21-14-7-8-16(12-5-3-9-22-19(12)14)24-18(26)11-28-10-17-23-15-6-2-1-4-13(15)20(27)25-17/h1-9H,10-11H2,(H,24,26)(H,23,25,27). The number of benzene rings is 2. The van der Waals surface area contributed by atoms with E-state index >= 15 is 0 Å². The van der Waals surface area contributed by atoms with Crippen LogP contribution in [0.15, 0.2) is 59.5 Å². The SMILES string of the molecule is O=C(COCc1nc2ccccc2c(=O)[nH]1)Nc1ccc(Cl)c2ncccc12. The summed E-state index contributed by atoms with van der Waals surface area (Å²) in [6, 6.07) is 14.0. The Balaban J connectivity index is 1.42. The third-order valence-corrected chi connectivity index (χ3v) is 4.43. The van der Waals surface area contributed by atoms with Gasteiger partial charge in [-0.25, -0.2) is 4.98 Å². The molecule has 1 amide bonds. The molecule has 4 aromatic rings. The number of H-pyrrole nitrogens is 1. The van der Waals surface area contributed by atoms with E-state index in [1.807, 2.05) is 6.07 Å². The second kappa shape index (κ2) is 7.75. The second-order valence-electron chi connectivity index (χ2n) is 6.07. The van der Waals surface area contributed by atoms with Crippen LogP contribution < -0.4 is 10.9 Å². The molecule has 4 rings (SSSR count). The summed E-state index contributed by atoms with van der Waals surface area (Å²) in [5.74, 6) is 0.0215. The Morgan fingerprint density at radius 3 is 2.82 bits per heavy atom. The number of para-hydroxylation sites is 1. The van der Waals surface area contributed by atoms with Crippen molar-refractivity contribution in [1.29, 1.82) is 0 Å². The topological polar surface area (TPSA) is 97.0 Å². The smallest absolute Gasteiger partial charge is 0.258 e. The van der Waals surface area contributed by atoms with Crippen molar-refractivity contribution in [2.45, 2.75) is 6.61 Å². The van der Waals surface area contributed by atoms with E-state index in [0.717, 1.165) is 5.39 Å². The van der Waals surface area contributed by atoms with Crippen LogP contribution in [0.2, 0.25) is 5.02 Å². The van der Waals surface area contributed by atoms with E-state index in [1.165, 1.54) is 0 Å². The van der Waals surface area contributed by atoms with Gasteiger partial charge in [-0.1, -0.05) is 23.7 Å². The Morgan fingerprint density at radius 2 is 1.93 bits per heavy atom. The number of ether oxygens (including phenoxy) is 1. The predicted molar refractivity (Wildman–Crippen MR) is 107 cm³/mol. The molecule has 140 valence electrons. The van der Waals surface area contributed by atoms with Crippen LogP contribution >= 0.6 is 11.6 Å². The molecule has 0 saturated carbocycles. The van der Waals surface area contributed by atoms with Gasteiger partial charge in [0.15, 0.2) is 0 Å². The number of hydrogen-bond acceptors (Lipinski definition) is 5. The number of rotatable bonds is 5. The summed E-state index contributed by atoms with van der Waals surface area (Å²) < 4.78 is 5.41. The summed E-state index contributed by atoms with van der Waals surface area (Å²) in [4.78, 5) is 35.5. The molecule has 0 bridgehead atoms. The number of halogens is 1. The molecular formula is C20H15ClN4O3. The number of carbonyl (C=O) groups excluding carboxylic acids is 1. The highest BCUT2D eigenvalue weighted by Crippen LogP contribution is 2.27. The fraction of sp³-hybridized carbons (Fsp3) is 0.100. The molecule has 0 fully saturated rings. The Labute approximate surface area is 164 Å². The number of nitrogens with one attached hydrogen (secondary N) is 2. The molecule has 28 heavy (non-hydrogen) atoms. The Bertz CT molecular complexity index is 1240. The number of nitrogens with zero attached hydrogens (tertiary/aromatic N) is 2. The van der Waals surface area contributed by atoms with E-state index < -0.39 is 0 Å². The van der Waals surface area contributed by atoms with Crippen LogP contribution in [0.25, 0.3) is 21.8 Å². The van der Waals surface area contributed by atoms with Gasteiger partial charge in [-0.15, -0.1) is 0 Å². The molecule has 0 radical (unpaired) electrons. The van der Waals surface area contributed by atoms with Crippen molar-refractivity contribution in [3.8, 4) is 0 Å². The maximum atomic E-state index is 12.2. The third-order valence-electron chi connectivity index (χ3n) is 4.13. The van der Waals surface area contributed by atoms with Gasteiger partial charge in [0.05, 0.1) is 27.1 Å². The largest absolute Gasteiger partial charge is 0.364 e. The number of fused-ring (bicyclic) bond motifs is 2. The lowest BCUT2D eigenvalue weighted by molar-refractivity contribution is -0.121. The van der Waals surface area contributed by atoms with Gasteiger partial charge in [0.25, 0.3) is 5.56 Å². The molecule has 2 N–H and O–H groups in total. The quantitative estimate of drug-likeness (QED) is 0.541. The molecule has 0 spiro atoms. The van der Waals surface area contributed by atoms with Crippen molar-refractivity contribution in [1.82, 2.24) is 15.0 Å². The van der Waals surface area contributed by atoms with Crippen LogP contribution in [-0.2, 0) is 16.1 Å². The zero-order valence-electron chi connectivity index (χ0n) is 14.6. The first-order valence-electron chi connectivity index (χ1n) is 8.50. The average molecular weight is 395 g/mol. The van der Waals surface area contributed by atoms with Crippen molar-refractivity contribution >= 4 is 45.0 Å². The summed E-state index contributed by atoms with van der Waals surface area (Å²) in [5, 5.41) is 4.54. The van der Waals surface area contributed by atoms with E-state index in [2.05, 4.69) is 20.3 Å². The number of aromatic amines is 1. The lowest BCUT2D eigenvalue weighted by Crippen LogP contribution is -2.19. The van der Waals surface area contributed by atoms with E-state index in [1.54, 1.807) is 48.7 Å². The van der Waals surface area contributed by atoms with Crippen LogP contribution in [0.3, 0.4) is 0 Å². The highest BCUT2D eigenvalue weighted by Gasteiger charge is 2.10. The van der Waals surface area contributed by atoms with E-state index in [9.17, 15) is 9.59 Å². The number of amides is 1. The number of hydrogen-bond donors (Lipinski definition) is 2. The molecule has 0 saturated heterocycles. The molecule has 8 heteroatoms. The molecule has 2 aromatic carbocycles. The fourth-order valence-electron chi connectivity index (χ4n) is 2.88. The summed E-state index contributed by atoms with van der Waals surface area (Å²) >= 11 is 6.14. The van der Waals surface area contributed by atoms with Crippen LogP contribution in [-0.4, -0.2) is 27.5 Å². The fourth-order valence-corrected chi connectivity index (χ4v) is 3.09. The monoisotopic (exact) mass is 394 g/mol. The molecule has 0 aliphatic heterocycles. The Morgan fingerprint density at radius 1 is 1.11 bits per heavy atom. The first kappa shape index (κ1) is 18.1. The van der Waals surface area contributed by atoms with Crippen molar-refractivity contribution in [2.75, 3.05) is 11.9 Å². The molecule has 2 heterocycles. The second-order valence-corrected chi connectivity index (χ2v) is 6.47. The first-order chi connectivity index (χ1) is 13.6. The lowest BCUT2D eigenvalue weighted by atomic mass is 10.2. The number of anilines is 1. The van der Waals surface area contributed by atoms with Crippen LogP contribution in [0.5, 0.6) is 0 Å². The van der Waals surface area contributed by atoms with Gasteiger partial charge >= 0.3 is 0 Å². The minimum Gasteiger partial charge on any atom is -0.364 e. The molecule has 0 unspecified atom stereocenters. The highest BCUT2D eigenvalue weighted by molar-refractivity contribution is 6.35. The van der Waals surface area contributed by atoms with Crippen molar-refractivity contribution < 1.29 is 9.53 Å². The third kappa shape index (κ3) is 3.71. The van der Waals surface area contributed by atoms with Gasteiger partial charge in [0.2, 0.25) is 5.91 Å². The van der Waals surface area contributed by atoms with Crippen molar-refractivity contribution in [3.63, 3.8) is 0 Å². The maximum Gasteiger partial charge on any atom is 0.258 e. The zero-order chi connectivity index (χ0) is 19.5. The molecule has 0 aliphatic carbocycles. The van der Waals surface area contributed by atoms with Crippen molar-refractivity contribution in [3.05, 3.63) is 75.9 Å². The van der Waals surface area contributed by atoms with Crippen LogP contribution in [0, 0.1) is 0 Å². The minimum atomic E-state index is -0.337. The highest BCUT2D eigenvalue weighted by atomic mass is 35.5. The van der Waals surface area contributed by atoms with Gasteiger partial charge in [-0.05, 0) is 36.4 Å². The van der Waals surface area contributed by atoms with Gasteiger partial charge in [0, 0.05) is 11.6 Å². The van der Waals surface area contributed by atoms with Crippen LogP contribution in [0.1, 0.15) is 5.82 Å². The van der Waals surface area contributed by atoms with Gasteiger partial charge in [-0.3, -0.25) is 14.6 Å². The summed E-state index contributed by atoms with van der Waals surface area (Å²) in [6.45, 7) is -0.183. The van der Waals surface area contributed by atoms with E-state index in [4.69, 9.17) is 16.3 Å². The van der Waals surface area contributed by atoms with E-state index in [0.29, 0.717) is 33.0 Å².